The van der Waals surface area contributed by atoms with E-state index in [-0.39, 0.29) is 12.5 Å². The van der Waals surface area contributed by atoms with E-state index in [2.05, 4.69) is 29.6 Å². The minimum Gasteiger partial charge on any atom is -0.449 e. The van der Waals surface area contributed by atoms with E-state index in [1.54, 1.807) is 30.4 Å². The maximum absolute atomic E-state index is 12.2. The Morgan fingerprint density at radius 2 is 1.60 bits per heavy atom. The fraction of sp³-hybridized carbons (Fsp3) is 0.120. The van der Waals surface area contributed by atoms with Crippen LogP contribution in [-0.2, 0) is 4.74 Å². The molecule has 1 aliphatic rings. The lowest BCUT2D eigenvalue weighted by Gasteiger charge is -2.14. The second-order valence-corrected chi connectivity index (χ2v) is 7.48. The van der Waals surface area contributed by atoms with Gasteiger partial charge in [0.1, 0.15) is 12.9 Å². The number of fused-ring (bicyclic) bond motifs is 3. The number of hydrogen-bond donors (Lipinski definition) is 1. The topological polar surface area (TPSA) is 55.4 Å². The molecule has 30 heavy (non-hydrogen) atoms. The third-order valence-corrected chi connectivity index (χ3v) is 5.31. The van der Waals surface area contributed by atoms with E-state index in [1.807, 2.05) is 24.3 Å². The highest BCUT2D eigenvalue weighted by Gasteiger charge is 2.28. The molecule has 0 aromatic heterocycles. The molecule has 0 spiro atoms. The molecular formula is C25H20ClNO3. The van der Waals surface area contributed by atoms with Crippen LogP contribution in [0.5, 0.6) is 0 Å². The average molecular weight is 418 g/mol. The van der Waals surface area contributed by atoms with Crippen molar-refractivity contribution in [2.24, 2.45) is 0 Å². The first-order valence-electron chi connectivity index (χ1n) is 9.67. The van der Waals surface area contributed by atoms with Crippen LogP contribution in [0, 0.1) is 0 Å². The van der Waals surface area contributed by atoms with Crippen molar-refractivity contribution in [3.63, 3.8) is 0 Å². The third-order valence-electron chi connectivity index (χ3n) is 5.10. The smallest absolute Gasteiger partial charge is 0.407 e. The molecular weight excluding hydrogens is 398 g/mol. The van der Waals surface area contributed by atoms with Crippen molar-refractivity contribution in [3.8, 4) is 11.1 Å². The predicted molar refractivity (Wildman–Crippen MR) is 119 cm³/mol. The monoisotopic (exact) mass is 417 g/mol. The maximum Gasteiger partial charge on any atom is 0.407 e. The molecule has 0 bridgehead atoms. The van der Waals surface area contributed by atoms with E-state index < -0.39 is 6.09 Å². The van der Waals surface area contributed by atoms with Crippen LogP contribution in [0.15, 0.2) is 72.8 Å². The molecule has 3 aromatic rings. The van der Waals surface area contributed by atoms with Crippen molar-refractivity contribution in [2.75, 3.05) is 13.2 Å². The summed E-state index contributed by atoms with van der Waals surface area (Å²) in [4.78, 5) is 23.1. The summed E-state index contributed by atoms with van der Waals surface area (Å²) in [6, 6.07) is 21.5. The van der Waals surface area contributed by atoms with Crippen LogP contribution in [0.2, 0.25) is 5.02 Å². The number of alkyl carbamates (subject to hydrolysis) is 1. The highest BCUT2D eigenvalue weighted by Crippen LogP contribution is 2.44. The quantitative estimate of drug-likeness (QED) is 0.523. The molecule has 4 nitrogen and oxygen atoms in total. The zero-order valence-electron chi connectivity index (χ0n) is 16.2. The van der Waals surface area contributed by atoms with Crippen molar-refractivity contribution in [3.05, 3.63) is 100 Å². The van der Waals surface area contributed by atoms with Crippen molar-refractivity contribution >= 4 is 30.1 Å². The standard InChI is InChI=1S/C25H20ClNO3/c26-19-13-17(12-18(14-19)15-28)6-5-11-27-25(29)30-16-24-22-9-3-1-7-20(22)21-8-2-4-10-23(21)24/h1-10,12-15,24H,11,16H2,(H,27,29). The van der Waals surface area contributed by atoms with E-state index >= 15 is 0 Å². The number of ether oxygens (including phenoxy) is 1. The molecule has 0 fully saturated rings. The summed E-state index contributed by atoms with van der Waals surface area (Å²) in [5.74, 6) is 0.0342. The van der Waals surface area contributed by atoms with Crippen LogP contribution in [0.4, 0.5) is 4.79 Å². The van der Waals surface area contributed by atoms with Crippen LogP contribution in [0.25, 0.3) is 17.2 Å². The molecule has 0 saturated heterocycles. The highest BCUT2D eigenvalue weighted by molar-refractivity contribution is 6.31. The van der Waals surface area contributed by atoms with Crippen molar-refractivity contribution in [1.29, 1.82) is 0 Å². The van der Waals surface area contributed by atoms with Gasteiger partial charge in [-0.15, -0.1) is 0 Å². The molecule has 0 unspecified atom stereocenters. The van der Waals surface area contributed by atoms with E-state index in [4.69, 9.17) is 16.3 Å². The summed E-state index contributed by atoms with van der Waals surface area (Å²) in [6.07, 6.45) is 3.85. The number of carbonyl (C=O) groups excluding carboxylic acids is 2. The first-order chi connectivity index (χ1) is 14.7. The average Bonchev–Trinajstić information content (AvgIpc) is 3.09. The minimum absolute atomic E-state index is 0.0342. The van der Waals surface area contributed by atoms with E-state index in [1.165, 1.54) is 22.3 Å². The van der Waals surface area contributed by atoms with Gasteiger partial charge in [0, 0.05) is 23.0 Å². The van der Waals surface area contributed by atoms with Gasteiger partial charge in [0.05, 0.1) is 0 Å². The fourth-order valence-electron chi connectivity index (χ4n) is 3.79. The number of aldehydes is 1. The van der Waals surface area contributed by atoms with Crippen LogP contribution in [0.3, 0.4) is 0 Å². The SMILES string of the molecule is O=Cc1cc(Cl)cc(C=CCNC(=O)OCC2c3ccccc3-c3ccccc32)c1. The van der Waals surface area contributed by atoms with Crippen LogP contribution in [0.1, 0.15) is 33.0 Å². The summed E-state index contributed by atoms with van der Waals surface area (Å²) in [6.45, 7) is 0.584. The fourth-order valence-corrected chi connectivity index (χ4v) is 4.04. The van der Waals surface area contributed by atoms with Gasteiger partial charge >= 0.3 is 6.09 Å². The van der Waals surface area contributed by atoms with Gasteiger partial charge in [-0.05, 0) is 46.0 Å². The Balaban J connectivity index is 1.34. The van der Waals surface area contributed by atoms with Crippen molar-refractivity contribution in [2.45, 2.75) is 5.92 Å². The summed E-state index contributed by atoms with van der Waals surface area (Å²) in [5.41, 5.74) is 6.05. The number of halogens is 1. The number of benzene rings is 3. The Morgan fingerprint density at radius 3 is 2.27 bits per heavy atom. The summed E-state index contributed by atoms with van der Waals surface area (Å²) in [5, 5.41) is 3.21. The zero-order valence-corrected chi connectivity index (χ0v) is 16.9. The molecule has 3 aromatic carbocycles. The molecule has 1 aliphatic carbocycles. The number of carbonyl (C=O) groups is 2. The first-order valence-corrected chi connectivity index (χ1v) is 10.0. The lowest BCUT2D eigenvalue weighted by Crippen LogP contribution is -2.26. The third kappa shape index (κ3) is 4.29. The van der Waals surface area contributed by atoms with Crippen LogP contribution in [-0.4, -0.2) is 25.5 Å². The summed E-state index contributed by atoms with van der Waals surface area (Å²) < 4.78 is 5.50. The molecule has 4 rings (SSSR count). The molecule has 150 valence electrons. The molecule has 0 aliphatic heterocycles. The van der Waals surface area contributed by atoms with E-state index in [0.29, 0.717) is 17.1 Å². The number of hydrogen-bond acceptors (Lipinski definition) is 3. The zero-order chi connectivity index (χ0) is 20.9. The van der Waals surface area contributed by atoms with Gasteiger partial charge in [0.25, 0.3) is 0 Å². The Labute approximate surface area is 180 Å². The van der Waals surface area contributed by atoms with Gasteiger partial charge in [0.2, 0.25) is 0 Å². The summed E-state index contributed by atoms with van der Waals surface area (Å²) >= 11 is 5.98. The van der Waals surface area contributed by atoms with Gasteiger partial charge in [-0.2, -0.15) is 0 Å². The Bertz CT molecular complexity index is 1080. The number of amides is 1. The normalized spacial score (nSPS) is 12.4. The van der Waals surface area contributed by atoms with E-state index in [0.717, 1.165) is 11.8 Å². The van der Waals surface area contributed by atoms with Crippen LogP contribution < -0.4 is 5.32 Å². The van der Waals surface area contributed by atoms with Gasteiger partial charge < -0.3 is 10.1 Å². The Kier molecular flexibility index (Phi) is 5.96. The van der Waals surface area contributed by atoms with Crippen molar-refractivity contribution < 1.29 is 14.3 Å². The van der Waals surface area contributed by atoms with Gasteiger partial charge in [0.15, 0.2) is 0 Å². The molecule has 0 radical (unpaired) electrons. The van der Waals surface area contributed by atoms with Gasteiger partial charge in [-0.3, -0.25) is 4.79 Å². The molecule has 0 atom stereocenters. The Morgan fingerprint density at radius 1 is 0.967 bits per heavy atom. The maximum atomic E-state index is 12.2. The summed E-state index contributed by atoms with van der Waals surface area (Å²) in [7, 11) is 0. The Hall–Kier alpha value is -3.37. The molecule has 0 heterocycles. The minimum atomic E-state index is -0.471. The molecule has 5 heteroatoms. The second kappa shape index (κ2) is 8.97. The molecule has 0 saturated carbocycles. The lowest BCUT2D eigenvalue weighted by atomic mass is 9.98. The van der Waals surface area contributed by atoms with Gasteiger partial charge in [-0.25, -0.2) is 4.79 Å². The molecule has 1 N–H and O–H groups in total. The number of rotatable bonds is 6. The first kappa shape index (κ1) is 19.9. The van der Waals surface area contributed by atoms with Crippen LogP contribution >= 0.6 is 11.6 Å². The lowest BCUT2D eigenvalue weighted by molar-refractivity contribution is 0.112. The second-order valence-electron chi connectivity index (χ2n) is 7.04. The van der Waals surface area contributed by atoms with Gasteiger partial charge in [-0.1, -0.05) is 72.3 Å². The molecule has 1 amide bonds. The van der Waals surface area contributed by atoms with Crippen molar-refractivity contribution in [1.82, 2.24) is 5.32 Å². The highest BCUT2D eigenvalue weighted by atomic mass is 35.5. The largest absolute Gasteiger partial charge is 0.449 e. The van der Waals surface area contributed by atoms with E-state index in [9.17, 15) is 9.59 Å². The predicted octanol–water partition coefficient (Wildman–Crippen LogP) is 5.70. The number of nitrogens with one attached hydrogen (secondary N) is 1.